The lowest BCUT2D eigenvalue weighted by molar-refractivity contribution is -0.105. The molecule has 0 radical (unpaired) electrons. The van der Waals surface area contributed by atoms with Crippen molar-refractivity contribution in [2.75, 3.05) is 5.32 Å². The second kappa shape index (κ2) is 5.98. The molecule has 1 amide bonds. The van der Waals surface area contributed by atoms with Crippen LogP contribution in [0.5, 0.6) is 0 Å². The highest BCUT2D eigenvalue weighted by Gasteiger charge is 2.22. The van der Waals surface area contributed by atoms with Gasteiger partial charge in [0, 0.05) is 11.1 Å². The first-order valence-corrected chi connectivity index (χ1v) is 6.73. The molecule has 0 unspecified atom stereocenters. The molecule has 4 nitrogen and oxygen atoms in total. The number of amides is 1. The van der Waals surface area contributed by atoms with Crippen LogP contribution in [0, 0.1) is 11.3 Å². The average Bonchev–Trinajstić information content (AvgIpc) is 2.95. The zero-order valence-corrected chi connectivity index (χ0v) is 11.6. The summed E-state index contributed by atoms with van der Waals surface area (Å²) in [4.78, 5) is 10.8. The Labute approximate surface area is 127 Å². The maximum atomic E-state index is 10.8. The van der Waals surface area contributed by atoms with Crippen LogP contribution in [-0.2, 0) is 4.79 Å². The number of nitrogens with zero attached hydrogens (tertiary/aromatic N) is 1. The fraction of sp³-hybridized carbons (Fsp3) is 0. The molecule has 0 aliphatic rings. The summed E-state index contributed by atoms with van der Waals surface area (Å²) in [7, 11) is 0. The molecule has 106 valence electrons. The monoisotopic (exact) mass is 288 g/mol. The molecule has 0 aliphatic heterocycles. The van der Waals surface area contributed by atoms with E-state index >= 15 is 0 Å². The van der Waals surface area contributed by atoms with Crippen LogP contribution in [-0.4, -0.2) is 6.41 Å². The van der Waals surface area contributed by atoms with Crippen LogP contribution >= 0.6 is 0 Å². The van der Waals surface area contributed by atoms with E-state index in [1.54, 1.807) is 0 Å². The van der Waals surface area contributed by atoms with E-state index in [0.717, 1.165) is 11.1 Å². The summed E-state index contributed by atoms with van der Waals surface area (Å²) in [6.45, 7) is 0. The topological polar surface area (TPSA) is 66.0 Å². The number of anilines is 1. The van der Waals surface area contributed by atoms with Crippen LogP contribution in [0.2, 0.25) is 0 Å². The highest BCUT2D eigenvalue weighted by atomic mass is 16.4. The van der Waals surface area contributed by atoms with E-state index < -0.39 is 0 Å². The van der Waals surface area contributed by atoms with Crippen LogP contribution in [0.3, 0.4) is 0 Å². The SMILES string of the molecule is N#Cc1c(NC=O)oc(-c2ccccc2)c1-c1ccccc1. The van der Waals surface area contributed by atoms with Crippen molar-refractivity contribution in [1.82, 2.24) is 0 Å². The van der Waals surface area contributed by atoms with E-state index in [1.165, 1.54) is 0 Å². The van der Waals surface area contributed by atoms with Crippen LogP contribution < -0.4 is 5.32 Å². The number of nitrogens with one attached hydrogen (secondary N) is 1. The van der Waals surface area contributed by atoms with E-state index in [4.69, 9.17) is 4.42 Å². The molecule has 1 N–H and O–H groups in total. The summed E-state index contributed by atoms with van der Waals surface area (Å²) in [6.07, 6.45) is 0.503. The number of carbonyl (C=O) groups excluding carboxylic acids is 1. The Balaban J connectivity index is 2.30. The summed E-state index contributed by atoms with van der Waals surface area (Å²) in [5.41, 5.74) is 2.70. The van der Waals surface area contributed by atoms with Gasteiger partial charge in [0.2, 0.25) is 12.3 Å². The molecule has 0 saturated carbocycles. The van der Waals surface area contributed by atoms with Crippen molar-refractivity contribution in [3.05, 3.63) is 66.2 Å². The van der Waals surface area contributed by atoms with Gasteiger partial charge in [-0.3, -0.25) is 10.1 Å². The third kappa shape index (κ3) is 2.36. The van der Waals surface area contributed by atoms with Crippen molar-refractivity contribution >= 4 is 12.3 Å². The molecule has 3 aromatic rings. The predicted molar refractivity (Wildman–Crippen MR) is 84.0 cm³/mol. The predicted octanol–water partition coefficient (Wildman–Crippen LogP) is 4.05. The van der Waals surface area contributed by atoms with E-state index in [2.05, 4.69) is 11.4 Å². The van der Waals surface area contributed by atoms with Crippen molar-refractivity contribution in [2.24, 2.45) is 0 Å². The second-order valence-electron chi connectivity index (χ2n) is 4.62. The lowest BCUT2D eigenvalue weighted by Gasteiger charge is -2.03. The number of hydrogen-bond donors (Lipinski definition) is 1. The normalized spacial score (nSPS) is 9.95. The largest absolute Gasteiger partial charge is 0.438 e. The Kier molecular flexibility index (Phi) is 3.71. The van der Waals surface area contributed by atoms with E-state index in [1.807, 2.05) is 60.7 Å². The minimum atomic E-state index is 0.162. The van der Waals surface area contributed by atoms with Gasteiger partial charge in [0.15, 0.2) is 0 Å². The van der Waals surface area contributed by atoms with Gasteiger partial charge in [-0.2, -0.15) is 5.26 Å². The van der Waals surface area contributed by atoms with Gasteiger partial charge < -0.3 is 4.42 Å². The number of benzene rings is 2. The van der Waals surface area contributed by atoms with Crippen LogP contribution in [0.1, 0.15) is 5.56 Å². The van der Waals surface area contributed by atoms with Crippen LogP contribution in [0.25, 0.3) is 22.5 Å². The smallest absolute Gasteiger partial charge is 0.218 e. The standard InChI is InChI=1S/C18H12N2O2/c19-11-15-16(13-7-3-1-4-8-13)17(22-18(15)20-12-21)14-9-5-2-6-10-14/h1-10,12H,(H,20,21). The summed E-state index contributed by atoms with van der Waals surface area (Å²) in [6, 6.07) is 21.1. The number of carbonyl (C=O) groups is 1. The number of rotatable bonds is 4. The van der Waals surface area contributed by atoms with E-state index in [9.17, 15) is 10.1 Å². The third-order valence-corrected chi connectivity index (χ3v) is 3.31. The van der Waals surface area contributed by atoms with Crippen LogP contribution in [0.4, 0.5) is 5.88 Å². The molecule has 22 heavy (non-hydrogen) atoms. The molecule has 0 spiro atoms. The highest BCUT2D eigenvalue weighted by Crippen LogP contribution is 2.40. The fourth-order valence-electron chi connectivity index (χ4n) is 2.37. The van der Waals surface area contributed by atoms with Gasteiger partial charge >= 0.3 is 0 Å². The molecule has 2 aromatic carbocycles. The van der Waals surface area contributed by atoms with Crippen molar-refractivity contribution in [3.8, 4) is 28.5 Å². The van der Waals surface area contributed by atoms with Crippen molar-refractivity contribution < 1.29 is 9.21 Å². The molecular weight excluding hydrogens is 276 g/mol. The Morgan fingerprint density at radius 2 is 1.55 bits per heavy atom. The molecule has 3 rings (SSSR count). The lowest BCUT2D eigenvalue weighted by Crippen LogP contribution is -1.93. The van der Waals surface area contributed by atoms with Crippen molar-refractivity contribution in [2.45, 2.75) is 0 Å². The van der Waals surface area contributed by atoms with Gasteiger partial charge in [-0.15, -0.1) is 0 Å². The molecule has 1 aromatic heterocycles. The van der Waals surface area contributed by atoms with Crippen molar-refractivity contribution in [1.29, 1.82) is 5.26 Å². The van der Waals surface area contributed by atoms with Gasteiger partial charge in [-0.25, -0.2) is 0 Å². The molecule has 0 fully saturated rings. The van der Waals surface area contributed by atoms with E-state index in [-0.39, 0.29) is 5.88 Å². The molecule has 0 atom stereocenters. The van der Waals surface area contributed by atoms with Gasteiger partial charge in [-0.1, -0.05) is 60.7 Å². The van der Waals surface area contributed by atoms with Gasteiger partial charge in [0.1, 0.15) is 17.4 Å². The zero-order chi connectivity index (χ0) is 15.4. The Morgan fingerprint density at radius 3 is 2.09 bits per heavy atom. The lowest BCUT2D eigenvalue weighted by atomic mass is 9.98. The Bertz CT molecular complexity index is 831. The average molecular weight is 288 g/mol. The minimum Gasteiger partial charge on any atom is -0.438 e. The number of hydrogen-bond acceptors (Lipinski definition) is 3. The maximum absolute atomic E-state index is 10.8. The minimum absolute atomic E-state index is 0.162. The summed E-state index contributed by atoms with van der Waals surface area (Å²) >= 11 is 0. The van der Waals surface area contributed by atoms with Gasteiger partial charge in [-0.05, 0) is 5.56 Å². The maximum Gasteiger partial charge on any atom is 0.218 e. The number of nitriles is 1. The first-order valence-electron chi connectivity index (χ1n) is 6.73. The van der Waals surface area contributed by atoms with Gasteiger partial charge in [0.05, 0.1) is 0 Å². The Morgan fingerprint density at radius 1 is 0.955 bits per heavy atom. The van der Waals surface area contributed by atoms with E-state index in [0.29, 0.717) is 23.3 Å². The molecule has 0 saturated heterocycles. The molecule has 4 heteroatoms. The molecule has 1 heterocycles. The molecule has 0 bridgehead atoms. The second-order valence-corrected chi connectivity index (χ2v) is 4.62. The first-order chi connectivity index (χ1) is 10.8. The third-order valence-electron chi connectivity index (χ3n) is 3.31. The quantitative estimate of drug-likeness (QED) is 0.736. The summed E-state index contributed by atoms with van der Waals surface area (Å²) < 4.78 is 5.75. The molecule has 0 aliphatic carbocycles. The molecular formula is C18H12N2O2. The highest BCUT2D eigenvalue weighted by molar-refractivity contribution is 5.90. The summed E-state index contributed by atoms with van der Waals surface area (Å²) in [5, 5.41) is 11.9. The first kappa shape index (κ1) is 13.7. The summed E-state index contributed by atoms with van der Waals surface area (Å²) in [5.74, 6) is 0.725. The van der Waals surface area contributed by atoms with Crippen molar-refractivity contribution in [3.63, 3.8) is 0 Å². The Hall–Kier alpha value is -3.32. The van der Waals surface area contributed by atoms with Crippen LogP contribution in [0.15, 0.2) is 65.1 Å². The van der Waals surface area contributed by atoms with Gasteiger partial charge in [0.25, 0.3) is 0 Å². The fourth-order valence-corrected chi connectivity index (χ4v) is 2.37. The zero-order valence-electron chi connectivity index (χ0n) is 11.6. The number of furan rings is 1.